The highest BCUT2D eigenvalue weighted by atomic mass is 19.1. The quantitative estimate of drug-likeness (QED) is 0.672. The van der Waals surface area contributed by atoms with Gasteiger partial charge in [-0.25, -0.2) is 9.18 Å². The fraction of sp³-hybridized carbons (Fsp3) is 0.158. The third kappa shape index (κ3) is 4.17. The van der Waals surface area contributed by atoms with Crippen molar-refractivity contribution in [3.8, 4) is 11.5 Å². The zero-order valence-corrected chi connectivity index (χ0v) is 14.4. The fourth-order valence-corrected chi connectivity index (χ4v) is 2.35. The number of halogens is 1. The summed E-state index contributed by atoms with van der Waals surface area (Å²) in [6.45, 7) is 1.73. The molecule has 1 amide bonds. The molecule has 8 heteroatoms. The molecule has 7 nitrogen and oxygen atoms in total. The minimum atomic E-state index is -1.31. The molecule has 1 N–H and O–H groups in total. The van der Waals surface area contributed by atoms with Gasteiger partial charge in [0.2, 0.25) is 6.04 Å². The van der Waals surface area contributed by atoms with E-state index in [-0.39, 0.29) is 24.0 Å². The maximum atomic E-state index is 13.9. The van der Waals surface area contributed by atoms with Crippen LogP contribution in [0.15, 0.2) is 59.0 Å². The zero-order chi connectivity index (χ0) is 19.2. The summed E-state index contributed by atoms with van der Waals surface area (Å²) < 4.78 is 24.3. The lowest BCUT2D eigenvalue weighted by molar-refractivity contribution is -0.146. The molecule has 1 aromatic heterocycles. The molecule has 1 heterocycles. The average Bonchev–Trinajstić information content (AvgIpc) is 3.16. The highest BCUT2D eigenvalue weighted by Gasteiger charge is 2.30. The van der Waals surface area contributed by atoms with Crippen molar-refractivity contribution in [2.45, 2.75) is 13.0 Å². The molecule has 0 radical (unpaired) electrons. The molecule has 2 aromatic carbocycles. The number of carbonyl (C=O) groups excluding carboxylic acids is 2. The number of carbonyl (C=O) groups is 2. The second-order valence-corrected chi connectivity index (χ2v) is 5.45. The number of benzene rings is 2. The lowest BCUT2D eigenvalue weighted by Crippen LogP contribution is -2.35. The van der Waals surface area contributed by atoms with Gasteiger partial charge in [-0.1, -0.05) is 30.3 Å². The predicted octanol–water partition coefficient (Wildman–Crippen LogP) is 2.91. The molecule has 3 aromatic rings. The van der Waals surface area contributed by atoms with Crippen molar-refractivity contribution in [1.29, 1.82) is 0 Å². The van der Waals surface area contributed by atoms with Gasteiger partial charge in [0, 0.05) is 5.56 Å². The third-order valence-corrected chi connectivity index (χ3v) is 3.63. The van der Waals surface area contributed by atoms with Crippen LogP contribution in [0, 0.1) is 5.82 Å². The molecule has 0 aliphatic rings. The van der Waals surface area contributed by atoms with Crippen LogP contribution in [-0.2, 0) is 9.53 Å². The van der Waals surface area contributed by atoms with E-state index >= 15 is 0 Å². The number of amides is 1. The average molecular weight is 369 g/mol. The minimum Gasteiger partial charge on any atom is -0.464 e. The summed E-state index contributed by atoms with van der Waals surface area (Å²) in [7, 11) is 0. The number of hydrogen-bond acceptors (Lipinski definition) is 6. The zero-order valence-electron chi connectivity index (χ0n) is 14.4. The van der Waals surface area contributed by atoms with E-state index in [1.165, 1.54) is 18.2 Å². The molecule has 0 unspecified atom stereocenters. The SMILES string of the molecule is CCOC(=O)[C@H](NC(=O)c1ccccc1)c1nnc(-c2ccccc2F)o1. The van der Waals surface area contributed by atoms with Crippen LogP contribution in [0.4, 0.5) is 4.39 Å². The molecule has 0 fully saturated rings. The number of hydrogen-bond donors (Lipinski definition) is 1. The van der Waals surface area contributed by atoms with Crippen molar-refractivity contribution in [2.24, 2.45) is 0 Å². The van der Waals surface area contributed by atoms with Gasteiger partial charge in [0.1, 0.15) is 5.82 Å². The molecule has 1 atom stereocenters. The summed E-state index contributed by atoms with van der Waals surface area (Å²) in [5.41, 5.74) is 0.439. The van der Waals surface area contributed by atoms with Gasteiger partial charge in [-0.15, -0.1) is 10.2 Å². The topological polar surface area (TPSA) is 94.3 Å². The number of aromatic nitrogens is 2. The van der Waals surface area contributed by atoms with E-state index in [1.807, 2.05) is 0 Å². The van der Waals surface area contributed by atoms with Gasteiger partial charge in [-0.3, -0.25) is 4.79 Å². The third-order valence-electron chi connectivity index (χ3n) is 3.63. The number of nitrogens with one attached hydrogen (secondary N) is 1. The second-order valence-electron chi connectivity index (χ2n) is 5.45. The summed E-state index contributed by atoms with van der Waals surface area (Å²) in [5, 5.41) is 10.1. The number of rotatable bonds is 6. The van der Waals surface area contributed by atoms with Crippen molar-refractivity contribution in [2.75, 3.05) is 6.61 Å². The van der Waals surface area contributed by atoms with Gasteiger partial charge in [-0.05, 0) is 31.2 Å². The number of nitrogens with zero attached hydrogens (tertiary/aromatic N) is 2. The predicted molar refractivity (Wildman–Crippen MR) is 93.0 cm³/mol. The Morgan fingerprint density at radius 2 is 1.81 bits per heavy atom. The Bertz CT molecular complexity index is 943. The smallest absolute Gasteiger partial charge is 0.338 e. The Morgan fingerprint density at radius 3 is 2.52 bits per heavy atom. The van der Waals surface area contributed by atoms with Gasteiger partial charge in [-0.2, -0.15) is 0 Å². The van der Waals surface area contributed by atoms with E-state index in [4.69, 9.17) is 9.15 Å². The monoisotopic (exact) mass is 369 g/mol. The largest absolute Gasteiger partial charge is 0.464 e. The van der Waals surface area contributed by atoms with Gasteiger partial charge in [0.25, 0.3) is 17.7 Å². The van der Waals surface area contributed by atoms with Gasteiger partial charge in [0.15, 0.2) is 0 Å². The van der Waals surface area contributed by atoms with E-state index in [0.717, 1.165) is 0 Å². The Labute approximate surface area is 154 Å². The lowest BCUT2D eigenvalue weighted by atomic mass is 10.2. The molecule has 0 bridgehead atoms. The Kier molecular flexibility index (Phi) is 5.55. The van der Waals surface area contributed by atoms with E-state index in [0.29, 0.717) is 5.56 Å². The molecular weight excluding hydrogens is 353 g/mol. The molecule has 27 heavy (non-hydrogen) atoms. The molecule has 0 saturated carbocycles. The summed E-state index contributed by atoms with van der Waals surface area (Å²) >= 11 is 0. The number of ether oxygens (including phenoxy) is 1. The Balaban J connectivity index is 1.89. The molecule has 0 spiro atoms. The van der Waals surface area contributed by atoms with Crippen molar-refractivity contribution < 1.29 is 23.1 Å². The van der Waals surface area contributed by atoms with E-state index < -0.39 is 23.7 Å². The summed E-state index contributed by atoms with van der Waals surface area (Å²) in [4.78, 5) is 24.7. The highest BCUT2D eigenvalue weighted by molar-refractivity contribution is 5.96. The first-order chi connectivity index (χ1) is 13.1. The van der Waals surface area contributed by atoms with Crippen molar-refractivity contribution in [3.63, 3.8) is 0 Å². The van der Waals surface area contributed by atoms with Crippen LogP contribution >= 0.6 is 0 Å². The summed E-state index contributed by atoms with van der Waals surface area (Å²) in [5.74, 6) is -2.12. The highest BCUT2D eigenvalue weighted by Crippen LogP contribution is 2.24. The van der Waals surface area contributed by atoms with E-state index in [9.17, 15) is 14.0 Å². The lowest BCUT2D eigenvalue weighted by Gasteiger charge is -2.13. The standard InChI is InChI=1S/C19H16FN3O4/c1-2-26-19(25)15(21-16(24)12-8-4-3-5-9-12)18-23-22-17(27-18)13-10-6-7-11-14(13)20/h3-11,15H,2H2,1H3,(H,21,24)/t15-/m1/s1. The van der Waals surface area contributed by atoms with Gasteiger partial charge < -0.3 is 14.5 Å². The molecule has 138 valence electrons. The van der Waals surface area contributed by atoms with Crippen molar-refractivity contribution in [3.05, 3.63) is 71.9 Å². The second kappa shape index (κ2) is 8.22. The Hall–Kier alpha value is -3.55. The Morgan fingerprint density at radius 1 is 1.11 bits per heavy atom. The number of esters is 1. The van der Waals surface area contributed by atoms with Crippen molar-refractivity contribution in [1.82, 2.24) is 15.5 Å². The van der Waals surface area contributed by atoms with Crippen LogP contribution in [0.3, 0.4) is 0 Å². The normalized spacial score (nSPS) is 11.6. The van der Waals surface area contributed by atoms with Crippen LogP contribution < -0.4 is 5.32 Å². The van der Waals surface area contributed by atoms with Gasteiger partial charge in [0.05, 0.1) is 12.2 Å². The molecule has 0 aliphatic carbocycles. The van der Waals surface area contributed by atoms with Crippen molar-refractivity contribution >= 4 is 11.9 Å². The van der Waals surface area contributed by atoms with Crippen LogP contribution in [0.2, 0.25) is 0 Å². The molecule has 3 rings (SSSR count). The van der Waals surface area contributed by atoms with Crippen LogP contribution in [-0.4, -0.2) is 28.7 Å². The fourth-order valence-electron chi connectivity index (χ4n) is 2.35. The summed E-state index contributed by atoms with van der Waals surface area (Å²) in [6.07, 6.45) is 0. The first kappa shape index (κ1) is 18.2. The van der Waals surface area contributed by atoms with Crippen LogP contribution in [0.1, 0.15) is 29.2 Å². The maximum Gasteiger partial charge on any atom is 0.338 e. The summed E-state index contributed by atoms with van der Waals surface area (Å²) in [6, 6.07) is 12.9. The minimum absolute atomic E-state index is 0.0910. The maximum absolute atomic E-state index is 13.9. The van der Waals surface area contributed by atoms with E-state index in [1.54, 1.807) is 43.3 Å². The molecule has 0 aliphatic heterocycles. The first-order valence-electron chi connectivity index (χ1n) is 8.21. The van der Waals surface area contributed by atoms with Crippen LogP contribution in [0.5, 0.6) is 0 Å². The van der Waals surface area contributed by atoms with Crippen LogP contribution in [0.25, 0.3) is 11.5 Å². The van der Waals surface area contributed by atoms with E-state index in [2.05, 4.69) is 15.5 Å². The molecular formula is C19H16FN3O4. The van der Waals surface area contributed by atoms with Gasteiger partial charge >= 0.3 is 5.97 Å². The molecule has 0 saturated heterocycles. The first-order valence-corrected chi connectivity index (χ1v) is 8.21.